The number of hydrogen-bond donors (Lipinski definition) is 0. The second-order valence-corrected chi connectivity index (χ2v) is 4.88. The van der Waals surface area contributed by atoms with Crippen LogP contribution in [0.1, 0.15) is 19.4 Å². The Hall–Kier alpha value is -1.16. The van der Waals surface area contributed by atoms with Crippen molar-refractivity contribution in [2.75, 3.05) is 0 Å². The molecule has 0 unspecified atom stereocenters. The van der Waals surface area contributed by atoms with Crippen molar-refractivity contribution in [2.45, 2.75) is 18.6 Å². The Morgan fingerprint density at radius 3 is 2.60 bits per heavy atom. The molecule has 0 aromatic heterocycles. The summed E-state index contributed by atoms with van der Waals surface area (Å²) in [6.45, 7) is 3.41. The number of halogens is 2. The molecule has 1 nitrogen and oxygen atoms in total. The molecular weight excluding hydrogens is 218 g/mol. The first-order valence-electron chi connectivity index (χ1n) is 4.40. The molecule has 1 aromatic carbocycles. The lowest BCUT2D eigenvalue weighted by Crippen LogP contribution is -2.12. The van der Waals surface area contributed by atoms with Gasteiger partial charge >= 0.3 is 11.7 Å². The van der Waals surface area contributed by atoms with Gasteiger partial charge < -0.3 is 0 Å². The Morgan fingerprint density at radius 1 is 1.33 bits per heavy atom. The van der Waals surface area contributed by atoms with Gasteiger partial charge in [-0.2, -0.15) is 0 Å². The van der Waals surface area contributed by atoms with Crippen LogP contribution in [0.25, 0.3) is 6.08 Å². The van der Waals surface area contributed by atoms with E-state index in [4.69, 9.17) is 0 Å². The van der Waals surface area contributed by atoms with Crippen molar-refractivity contribution in [1.82, 2.24) is 0 Å². The molecule has 0 aliphatic heterocycles. The molecule has 0 amide bonds. The summed E-state index contributed by atoms with van der Waals surface area (Å²) in [6, 6.07) is 3.94. The zero-order valence-corrected chi connectivity index (χ0v) is 9.28. The van der Waals surface area contributed by atoms with Crippen LogP contribution in [0.15, 0.2) is 24.3 Å². The molecule has 0 spiro atoms. The van der Waals surface area contributed by atoms with Crippen LogP contribution in [0.4, 0.5) is 8.78 Å². The fraction of sp³-hybridized carbons (Fsp3) is 0.273. The Balaban J connectivity index is 3.00. The van der Waals surface area contributed by atoms with E-state index in [-0.39, 0.29) is 5.56 Å². The fourth-order valence-electron chi connectivity index (χ4n) is 0.967. The highest BCUT2D eigenvalue weighted by Gasteiger charge is 2.28. The lowest BCUT2D eigenvalue weighted by Gasteiger charge is -1.99. The predicted octanol–water partition coefficient (Wildman–Crippen LogP) is 3.18. The van der Waals surface area contributed by atoms with E-state index in [1.165, 1.54) is 18.2 Å². The zero-order chi connectivity index (χ0) is 11.5. The summed E-state index contributed by atoms with van der Waals surface area (Å²) in [5.74, 6) is -1.77. The van der Waals surface area contributed by atoms with Gasteiger partial charge in [0.2, 0.25) is 0 Å². The summed E-state index contributed by atoms with van der Waals surface area (Å²) in [4.78, 5) is 0. The molecule has 0 fully saturated rings. The average molecular weight is 229 g/mol. The molecule has 0 aliphatic rings. The minimum Gasteiger partial charge on any atom is -0.204 e. The van der Waals surface area contributed by atoms with Crippen molar-refractivity contribution in [3.05, 3.63) is 41.5 Å². The van der Waals surface area contributed by atoms with Crippen molar-refractivity contribution in [2.24, 2.45) is 0 Å². The first kappa shape index (κ1) is 11.9. The van der Waals surface area contributed by atoms with Crippen LogP contribution in [-0.2, 0) is 15.9 Å². The van der Waals surface area contributed by atoms with E-state index in [9.17, 15) is 13.0 Å². The van der Waals surface area contributed by atoms with E-state index < -0.39 is 16.4 Å². The maximum Gasteiger partial charge on any atom is 0.469 e. The normalized spacial score (nSPS) is 12.0. The van der Waals surface area contributed by atoms with Crippen molar-refractivity contribution < 1.29 is 13.0 Å². The topological polar surface area (TPSA) is 17.1 Å². The lowest BCUT2D eigenvalue weighted by molar-refractivity contribution is 0.507. The molecule has 1 rings (SSSR count). The van der Waals surface area contributed by atoms with Crippen molar-refractivity contribution in [1.29, 1.82) is 0 Å². The van der Waals surface area contributed by atoms with Gasteiger partial charge in [-0.05, 0) is 18.2 Å². The number of rotatable bonds is 3. The minimum absolute atomic E-state index is 0.150. The Labute approximate surface area is 91.3 Å². The highest BCUT2D eigenvalue weighted by molar-refractivity contribution is 7.67. The van der Waals surface area contributed by atoms with E-state index >= 15 is 0 Å². The molecule has 0 atom stereocenters. The quantitative estimate of drug-likeness (QED) is 0.727. The van der Waals surface area contributed by atoms with Gasteiger partial charge in [-0.15, -0.1) is 0 Å². The van der Waals surface area contributed by atoms with Crippen molar-refractivity contribution in [3.8, 4) is 0 Å². The molecule has 0 aliphatic carbocycles. The van der Waals surface area contributed by atoms with E-state index in [0.29, 0.717) is 11.7 Å². The van der Waals surface area contributed by atoms with Gasteiger partial charge in [-0.1, -0.05) is 12.1 Å². The standard InChI is InChI=1S/C11H11F2OS/c1-11(2,15-14)7-6-8-4-3-5-9(12)10(8)13/h3-7H,1-2H3/q+1. The molecule has 0 heterocycles. The van der Waals surface area contributed by atoms with Crippen LogP contribution in [0, 0.1) is 11.6 Å². The monoisotopic (exact) mass is 229 g/mol. The van der Waals surface area contributed by atoms with Gasteiger partial charge in [-0.25, -0.2) is 8.78 Å². The molecule has 0 saturated carbocycles. The van der Waals surface area contributed by atoms with Crippen LogP contribution in [-0.4, -0.2) is 4.75 Å². The summed E-state index contributed by atoms with van der Waals surface area (Å²) in [5, 5.41) is 0. The third-order valence-corrected chi connectivity index (χ3v) is 2.43. The summed E-state index contributed by atoms with van der Waals surface area (Å²) in [6.07, 6.45) is 2.98. The molecule has 1 aromatic rings. The Bertz CT molecular complexity index is 400. The van der Waals surface area contributed by atoms with E-state index in [1.54, 1.807) is 19.9 Å². The molecule has 4 heteroatoms. The van der Waals surface area contributed by atoms with Crippen LogP contribution in [0.3, 0.4) is 0 Å². The van der Waals surface area contributed by atoms with Crippen LogP contribution >= 0.6 is 0 Å². The molecule has 0 saturated heterocycles. The summed E-state index contributed by atoms with van der Waals surface area (Å²) >= 11 is 0.403. The van der Waals surface area contributed by atoms with E-state index in [1.807, 2.05) is 0 Å². The van der Waals surface area contributed by atoms with Crippen LogP contribution in [0.2, 0.25) is 0 Å². The first-order chi connectivity index (χ1) is 6.96. The zero-order valence-electron chi connectivity index (χ0n) is 8.46. The third-order valence-electron chi connectivity index (χ3n) is 1.86. The first-order valence-corrected chi connectivity index (χ1v) is 5.15. The number of hydrogen-bond acceptors (Lipinski definition) is 1. The second kappa shape index (κ2) is 4.57. The minimum atomic E-state index is -0.888. The predicted molar refractivity (Wildman–Crippen MR) is 57.5 cm³/mol. The van der Waals surface area contributed by atoms with Gasteiger partial charge in [0, 0.05) is 23.6 Å². The average Bonchev–Trinajstić information content (AvgIpc) is 2.20. The summed E-state index contributed by atoms with van der Waals surface area (Å²) in [7, 11) is 0. The molecule has 0 N–H and O–H groups in total. The van der Waals surface area contributed by atoms with E-state index in [0.717, 1.165) is 6.07 Å². The Kier molecular flexibility index (Phi) is 3.63. The Morgan fingerprint density at radius 2 is 2.00 bits per heavy atom. The van der Waals surface area contributed by atoms with Crippen molar-refractivity contribution >= 4 is 17.7 Å². The van der Waals surface area contributed by atoms with Crippen LogP contribution in [0.5, 0.6) is 0 Å². The van der Waals surface area contributed by atoms with Gasteiger partial charge in [-0.3, -0.25) is 0 Å². The van der Waals surface area contributed by atoms with Crippen molar-refractivity contribution in [3.63, 3.8) is 0 Å². The van der Waals surface area contributed by atoms with E-state index in [2.05, 4.69) is 0 Å². The largest absolute Gasteiger partial charge is 0.469 e. The smallest absolute Gasteiger partial charge is 0.204 e. The van der Waals surface area contributed by atoms with Crippen LogP contribution < -0.4 is 0 Å². The number of benzene rings is 1. The highest BCUT2D eigenvalue weighted by atomic mass is 32.1. The maximum atomic E-state index is 13.2. The maximum absolute atomic E-state index is 13.2. The third kappa shape index (κ3) is 3.16. The second-order valence-electron chi connectivity index (χ2n) is 3.66. The van der Waals surface area contributed by atoms with Gasteiger partial charge in [0.05, 0.1) is 0 Å². The lowest BCUT2D eigenvalue weighted by atomic mass is 10.1. The molecular formula is C11H11F2OS+. The molecule has 80 valence electrons. The summed E-state index contributed by atoms with van der Waals surface area (Å²) in [5.41, 5.74) is 0.150. The molecule has 0 radical (unpaired) electrons. The molecule has 15 heavy (non-hydrogen) atoms. The van der Waals surface area contributed by atoms with Gasteiger partial charge in [0.1, 0.15) is 0 Å². The highest BCUT2D eigenvalue weighted by Crippen LogP contribution is 2.16. The molecule has 0 bridgehead atoms. The SMILES string of the molecule is CC(C)(C=Cc1cccc(F)c1F)[S+]=O. The van der Waals surface area contributed by atoms with Gasteiger partial charge in [0.25, 0.3) is 4.75 Å². The summed E-state index contributed by atoms with van der Waals surface area (Å²) < 4.78 is 36.0. The fourth-order valence-corrected chi connectivity index (χ4v) is 1.09. The van der Waals surface area contributed by atoms with Gasteiger partial charge in [0.15, 0.2) is 11.6 Å².